The Morgan fingerprint density at radius 3 is 2.63 bits per heavy atom. The van der Waals surface area contributed by atoms with Crippen molar-refractivity contribution in [2.75, 3.05) is 5.43 Å². The molecule has 4 nitrogen and oxygen atoms in total. The second-order valence-electron chi connectivity index (χ2n) is 3.87. The third kappa shape index (κ3) is 2.65. The number of nitrogens with zero attached hydrogens (tertiary/aromatic N) is 2. The van der Waals surface area contributed by atoms with Gasteiger partial charge in [-0.05, 0) is 13.0 Å². The summed E-state index contributed by atoms with van der Waals surface area (Å²) < 4.78 is 38.8. The first-order valence-electron chi connectivity index (χ1n) is 5.42. The maximum atomic E-state index is 13.5. The van der Waals surface area contributed by atoms with Crippen LogP contribution in [0.2, 0.25) is 0 Å². The van der Waals surface area contributed by atoms with E-state index in [0.29, 0.717) is 5.56 Å². The number of nitrogens with two attached hydrogens (primary N) is 1. The van der Waals surface area contributed by atoms with Crippen LogP contribution in [0.3, 0.4) is 0 Å². The van der Waals surface area contributed by atoms with E-state index in [0.717, 1.165) is 0 Å². The Bertz CT molecular complexity index is 602. The van der Waals surface area contributed by atoms with Gasteiger partial charge in [-0.3, -0.25) is 0 Å². The molecule has 0 aliphatic heterocycles. The molecule has 1 aromatic heterocycles. The largest absolute Gasteiger partial charge is 0.306 e. The van der Waals surface area contributed by atoms with Crippen LogP contribution in [0.4, 0.5) is 19.0 Å². The smallest absolute Gasteiger partial charge is 0.263 e. The summed E-state index contributed by atoms with van der Waals surface area (Å²) in [5, 5.41) is 0. The summed E-state index contributed by atoms with van der Waals surface area (Å²) in [5.41, 5.74) is 2.42. The van der Waals surface area contributed by atoms with Crippen molar-refractivity contribution in [3.8, 4) is 11.4 Å². The van der Waals surface area contributed by atoms with Crippen molar-refractivity contribution >= 4 is 5.82 Å². The summed E-state index contributed by atoms with van der Waals surface area (Å²) in [6.07, 6.45) is -2.59. The Kier molecular flexibility index (Phi) is 3.66. The van der Waals surface area contributed by atoms with Crippen molar-refractivity contribution in [2.24, 2.45) is 5.84 Å². The molecule has 0 saturated carbocycles. The van der Waals surface area contributed by atoms with E-state index in [1.165, 1.54) is 25.1 Å². The van der Waals surface area contributed by atoms with Gasteiger partial charge in [0, 0.05) is 11.1 Å². The molecule has 7 heteroatoms. The van der Waals surface area contributed by atoms with Gasteiger partial charge in [-0.1, -0.05) is 18.2 Å². The van der Waals surface area contributed by atoms with Gasteiger partial charge in [0.25, 0.3) is 6.43 Å². The topological polar surface area (TPSA) is 63.8 Å². The van der Waals surface area contributed by atoms with Gasteiger partial charge in [0.05, 0.1) is 5.69 Å². The fourth-order valence-electron chi connectivity index (χ4n) is 1.60. The van der Waals surface area contributed by atoms with Crippen LogP contribution in [-0.2, 0) is 0 Å². The molecular formula is C12H11F3N4. The van der Waals surface area contributed by atoms with Gasteiger partial charge in [0.15, 0.2) is 17.5 Å². The summed E-state index contributed by atoms with van der Waals surface area (Å²) >= 11 is 0. The summed E-state index contributed by atoms with van der Waals surface area (Å²) in [5.74, 6) is 4.43. The molecule has 19 heavy (non-hydrogen) atoms. The summed E-state index contributed by atoms with van der Waals surface area (Å²) in [6.45, 7) is 1.44. The molecule has 0 fully saturated rings. The average Bonchev–Trinajstić information content (AvgIpc) is 2.41. The molecule has 1 aromatic carbocycles. The van der Waals surface area contributed by atoms with Crippen LogP contribution < -0.4 is 11.3 Å². The van der Waals surface area contributed by atoms with Gasteiger partial charge in [-0.25, -0.2) is 29.0 Å². The second-order valence-corrected chi connectivity index (χ2v) is 3.87. The number of hydrogen-bond donors (Lipinski definition) is 2. The van der Waals surface area contributed by atoms with Crippen molar-refractivity contribution < 1.29 is 13.2 Å². The zero-order valence-corrected chi connectivity index (χ0v) is 9.99. The number of aromatic nitrogens is 2. The first kappa shape index (κ1) is 13.3. The van der Waals surface area contributed by atoms with Gasteiger partial charge >= 0.3 is 0 Å². The van der Waals surface area contributed by atoms with Crippen LogP contribution in [0, 0.1) is 12.7 Å². The highest BCUT2D eigenvalue weighted by Gasteiger charge is 2.13. The molecular weight excluding hydrogens is 257 g/mol. The van der Waals surface area contributed by atoms with Crippen molar-refractivity contribution in [3.63, 3.8) is 0 Å². The van der Waals surface area contributed by atoms with Crippen LogP contribution in [-0.4, -0.2) is 9.97 Å². The van der Waals surface area contributed by atoms with Gasteiger partial charge in [-0.15, -0.1) is 0 Å². The maximum absolute atomic E-state index is 13.5. The van der Waals surface area contributed by atoms with Crippen molar-refractivity contribution in [2.45, 2.75) is 13.3 Å². The van der Waals surface area contributed by atoms with Gasteiger partial charge in [0.2, 0.25) is 0 Å². The van der Waals surface area contributed by atoms with Crippen molar-refractivity contribution in [3.05, 3.63) is 41.3 Å². The Hall–Kier alpha value is -2.15. The summed E-state index contributed by atoms with van der Waals surface area (Å²) in [4.78, 5) is 7.78. The minimum Gasteiger partial charge on any atom is -0.306 e. The fourth-order valence-corrected chi connectivity index (χ4v) is 1.60. The molecule has 0 bridgehead atoms. The van der Waals surface area contributed by atoms with Crippen LogP contribution in [0.1, 0.15) is 17.7 Å². The lowest BCUT2D eigenvalue weighted by atomic mass is 10.1. The molecule has 0 atom stereocenters. The van der Waals surface area contributed by atoms with E-state index in [2.05, 4.69) is 15.4 Å². The standard InChI is InChI=1S/C12H11F3N4/c1-6-9(13)12(19-16)18-11(17-6)8-4-2-3-7(5-8)10(14)15/h2-5,10H,16H2,1H3,(H,17,18,19). The number of halogens is 3. The van der Waals surface area contributed by atoms with Gasteiger partial charge in [-0.2, -0.15) is 0 Å². The van der Waals surface area contributed by atoms with Gasteiger partial charge < -0.3 is 5.43 Å². The fraction of sp³-hybridized carbons (Fsp3) is 0.167. The second kappa shape index (κ2) is 5.23. The van der Waals surface area contributed by atoms with Crippen molar-refractivity contribution in [1.29, 1.82) is 0 Å². The van der Waals surface area contributed by atoms with E-state index in [4.69, 9.17) is 5.84 Å². The zero-order valence-electron chi connectivity index (χ0n) is 9.99. The summed E-state index contributed by atoms with van der Waals surface area (Å²) in [6, 6.07) is 5.59. The number of anilines is 1. The van der Waals surface area contributed by atoms with E-state index in [-0.39, 0.29) is 22.9 Å². The van der Waals surface area contributed by atoms with E-state index >= 15 is 0 Å². The Morgan fingerprint density at radius 1 is 1.26 bits per heavy atom. The van der Waals surface area contributed by atoms with Crippen LogP contribution in [0.5, 0.6) is 0 Å². The molecule has 2 rings (SSSR count). The average molecular weight is 268 g/mol. The predicted molar refractivity (Wildman–Crippen MR) is 64.9 cm³/mol. The molecule has 0 spiro atoms. The molecule has 1 heterocycles. The molecule has 0 aliphatic rings. The SMILES string of the molecule is Cc1nc(-c2cccc(C(F)F)c2)nc(NN)c1F. The third-order valence-electron chi connectivity index (χ3n) is 2.55. The number of nitrogens with one attached hydrogen (secondary N) is 1. The third-order valence-corrected chi connectivity index (χ3v) is 2.55. The monoisotopic (exact) mass is 268 g/mol. The Balaban J connectivity index is 2.53. The number of alkyl halides is 2. The highest BCUT2D eigenvalue weighted by atomic mass is 19.3. The molecule has 0 aliphatic carbocycles. The van der Waals surface area contributed by atoms with Crippen LogP contribution >= 0.6 is 0 Å². The number of hydrazine groups is 1. The van der Waals surface area contributed by atoms with E-state index < -0.39 is 12.2 Å². The van der Waals surface area contributed by atoms with Gasteiger partial charge in [0.1, 0.15) is 0 Å². The number of rotatable bonds is 3. The number of hydrogen-bond acceptors (Lipinski definition) is 4. The first-order chi connectivity index (χ1) is 9.02. The lowest BCUT2D eigenvalue weighted by molar-refractivity contribution is 0.151. The predicted octanol–water partition coefficient (Wildman–Crippen LogP) is 2.81. The lowest BCUT2D eigenvalue weighted by Gasteiger charge is -2.08. The van der Waals surface area contributed by atoms with E-state index in [9.17, 15) is 13.2 Å². The Labute approximate surface area is 107 Å². The zero-order chi connectivity index (χ0) is 14.0. The highest BCUT2D eigenvalue weighted by molar-refractivity contribution is 5.59. The number of aryl methyl sites for hydroxylation is 1. The van der Waals surface area contributed by atoms with E-state index in [1.807, 2.05) is 0 Å². The lowest BCUT2D eigenvalue weighted by Crippen LogP contribution is -2.13. The minimum absolute atomic E-state index is 0.0837. The quantitative estimate of drug-likeness (QED) is 0.663. The van der Waals surface area contributed by atoms with Crippen LogP contribution in [0.25, 0.3) is 11.4 Å². The normalized spacial score (nSPS) is 10.8. The Morgan fingerprint density at radius 2 is 2.00 bits per heavy atom. The van der Waals surface area contributed by atoms with E-state index in [1.54, 1.807) is 6.07 Å². The number of benzene rings is 1. The highest BCUT2D eigenvalue weighted by Crippen LogP contribution is 2.25. The first-order valence-corrected chi connectivity index (χ1v) is 5.42. The molecule has 0 radical (unpaired) electrons. The molecule has 2 aromatic rings. The molecule has 3 N–H and O–H groups in total. The minimum atomic E-state index is -2.59. The molecule has 0 amide bonds. The number of nitrogen functional groups attached to an aromatic ring is 1. The van der Waals surface area contributed by atoms with Crippen LogP contribution in [0.15, 0.2) is 24.3 Å². The molecule has 0 saturated heterocycles. The maximum Gasteiger partial charge on any atom is 0.263 e. The molecule has 0 unspecified atom stereocenters. The molecule has 100 valence electrons. The summed E-state index contributed by atoms with van der Waals surface area (Å²) in [7, 11) is 0. The van der Waals surface area contributed by atoms with Crippen molar-refractivity contribution in [1.82, 2.24) is 9.97 Å².